The highest BCUT2D eigenvalue weighted by atomic mass is 32.1. The van der Waals surface area contributed by atoms with Gasteiger partial charge in [-0.05, 0) is 24.4 Å². The maximum absolute atomic E-state index is 5.05. The molecule has 2 heteroatoms. The first-order valence-electron chi connectivity index (χ1n) is 2.39. The molecule has 0 amide bonds. The molecule has 1 heterocycles. The summed E-state index contributed by atoms with van der Waals surface area (Å²) in [7, 11) is 0. The van der Waals surface area contributed by atoms with Gasteiger partial charge in [-0.15, -0.1) is 11.3 Å². The average Bonchev–Trinajstić information content (AvgIpc) is 2.19. The van der Waals surface area contributed by atoms with Crippen LogP contribution in [0.3, 0.4) is 0 Å². The fourth-order valence-electron chi connectivity index (χ4n) is 0.446. The average molecular weight is 127 g/mol. The van der Waals surface area contributed by atoms with Crippen LogP contribution < -0.4 is 4.74 Å². The number of rotatable bonds is 2. The van der Waals surface area contributed by atoms with Crippen LogP contribution in [0.1, 0.15) is 0 Å². The van der Waals surface area contributed by atoms with Gasteiger partial charge in [-0.1, -0.05) is 0 Å². The van der Waals surface area contributed by atoms with Gasteiger partial charge in [0.1, 0.15) is 0 Å². The molecule has 1 aromatic rings. The lowest BCUT2D eigenvalue weighted by molar-refractivity contribution is 0.372. The zero-order chi connectivity index (χ0) is 5.82. The molecule has 0 N–H and O–H groups in total. The highest BCUT2D eigenvalue weighted by molar-refractivity contribution is 7.11. The van der Waals surface area contributed by atoms with Crippen LogP contribution in [-0.4, -0.2) is 6.61 Å². The van der Waals surface area contributed by atoms with E-state index in [1.807, 2.05) is 17.5 Å². The summed E-state index contributed by atoms with van der Waals surface area (Å²) < 4.78 is 5.05. The first-order chi connectivity index (χ1) is 3.93. The normalized spacial score (nSPS) is 9.12. The number of thiophene rings is 1. The monoisotopic (exact) mass is 127 g/mol. The summed E-state index contributed by atoms with van der Waals surface area (Å²) in [6.45, 7) is 4.06. The van der Waals surface area contributed by atoms with Gasteiger partial charge in [0.15, 0.2) is 5.06 Å². The van der Waals surface area contributed by atoms with Gasteiger partial charge in [0, 0.05) is 0 Å². The summed E-state index contributed by atoms with van der Waals surface area (Å²) in [5.74, 6) is 0. The molecule has 0 unspecified atom stereocenters. The highest BCUT2D eigenvalue weighted by Crippen LogP contribution is 2.17. The van der Waals surface area contributed by atoms with Crippen molar-refractivity contribution in [3.63, 3.8) is 0 Å². The Labute approximate surface area is 52.9 Å². The quantitative estimate of drug-likeness (QED) is 0.590. The Morgan fingerprint density at radius 2 is 2.62 bits per heavy atom. The lowest BCUT2D eigenvalue weighted by Gasteiger charge is -1.93. The summed E-state index contributed by atoms with van der Waals surface area (Å²) in [6.07, 6.45) is 0. The van der Waals surface area contributed by atoms with Crippen LogP contribution in [-0.2, 0) is 0 Å². The van der Waals surface area contributed by atoms with Crippen LogP contribution in [0.4, 0.5) is 0 Å². The van der Waals surface area contributed by atoms with Gasteiger partial charge in [0.05, 0.1) is 6.61 Å². The summed E-state index contributed by atoms with van der Waals surface area (Å²) in [6, 6.07) is 3.88. The maximum atomic E-state index is 5.05. The topological polar surface area (TPSA) is 9.23 Å². The summed E-state index contributed by atoms with van der Waals surface area (Å²) >= 11 is 1.59. The number of hydrogen-bond acceptors (Lipinski definition) is 2. The Kier molecular flexibility index (Phi) is 1.92. The highest BCUT2D eigenvalue weighted by Gasteiger charge is 1.86. The van der Waals surface area contributed by atoms with Gasteiger partial charge < -0.3 is 4.74 Å². The Morgan fingerprint density at radius 3 is 3.12 bits per heavy atom. The standard InChI is InChI=1S/C6H7OS/c1-2-7-6-4-3-5-8-6/h3-5H,1-2H2. The second-order valence-corrected chi connectivity index (χ2v) is 2.19. The predicted octanol–water partition coefficient (Wildman–Crippen LogP) is 1.96. The second kappa shape index (κ2) is 2.72. The smallest absolute Gasteiger partial charge is 0.173 e. The second-order valence-electron chi connectivity index (χ2n) is 1.28. The summed E-state index contributed by atoms with van der Waals surface area (Å²) in [5, 5.41) is 2.92. The zero-order valence-corrected chi connectivity index (χ0v) is 5.28. The van der Waals surface area contributed by atoms with E-state index in [1.165, 1.54) is 0 Å². The minimum atomic E-state index is 0.514. The van der Waals surface area contributed by atoms with Gasteiger partial charge in [-0.25, -0.2) is 0 Å². The predicted molar refractivity (Wildman–Crippen MR) is 35.2 cm³/mol. The third kappa shape index (κ3) is 1.23. The summed E-state index contributed by atoms with van der Waals surface area (Å²) in [4.78, 5) is 0. The Morgan fingerprint density at radius 1 is 1.75 bits per heavy atom. The molecule has 0 aliphatic heterocycles. The Balaban J connectivity index is 2.50. The van der Waals surface area contributed by atoms with Crippen molar-refractivity contribution in [1.29, 1.82) is 0 Å². The van der Waals surface area contributed by atoms with E-state index in [1.54, 1.807) is 11.3 Å². The van der Waals surface area contributed by atoms with Gasteiger partial charge in [-0.2, -0.15) is 0 Å². The lowest BCUT2D eigenvalue weighted by Crippen LogP contribution is -1.86. The van der Waals surface area contributed by atoms with Crippen molar-refractivity contribution < 1.29 is 4.74 Å². The van der Waals surface area contributed by atoms with Crippen molar-refractivity contribution in [1.82, 2.24) is 0 Å². The van der Waals surface area contributed by atoms with E-state index in [0.29, 0.717) is 6.61 Å². The minimum absolute atomic E-state index is 0.514. The van der Waals surface area contributed by atoms with Crippen LogP contribution >= 0.6 is 11.3 Å². The van der Waals surface area contributed by atoms with Crippen molar-refractivity contribution in [2.75, 3.05) is 6.61 Å². The third-order valence-corrected chi connectivity index (χ3v) is 1.52. The molecule has 0 aliphatic carbocycles. The fraction of sp³-hybridized carbons (Fsp3) is 0.167. The Hall–Kier alpha value is -0.500. The van der Waals surface area contributed by atoms with Crippen molar-refractivity contribution in [3.05, 3.63) is 24.4 Å². The van der Waals surface area contributed by atoms with E-state index in [2.05, 4.69) is 6.92 Å². The molecule has 8 heavy (non-hydrogen) atoms. The van der Waals surface area contributed by atoms with Crippen LogP contribution in [0, 0.1) is 6.92 Å². The number of hydrogen-bond donors (Lipinski definition) is 0. The van der Waals surface area contributed by atoms with Gasteiger partial charge in [-0.3, -0.25) is 0 Å². The molecule has 0 saturated carbocycles. The van der Waals surface area contributed by atoms with Gasteiger partial charge in [0.25, 0.3) is 0 Å². The molecular weight excluding hydrogens is 120 g/mol. The lowest BCUT2D eigenvalue weighted by atomic mass is 10.6. The van der Waals surface area contributed by atoms with E-state index in [0.717, 1.165) is 5.06 Å². The summed E-state index contributed by atoms with van der Waals surface area (Å²) in [5.41, 5.74) is 0. The third-order valence-electron chi connectivity index (χ3n) is 0.739. The Bertz CT molecular complexity index is 134. The fourth-order valence-corrected chi connectivity index (χ4v) is 1.05. The van der Waals surface area contributed by atoms with Crippen LogP contribution in [0.15, 0.2) is 17.5 Å². The molecule has 1 rings (SSSR count). The molecule has 0 atom stereocenters. The van der Waals surface area contributed by atoms with E-state index >= 15 is 0 Å². The van der Waals surface area contributed by atoms with Crippen molar-refractivity contribution in [2.24, 2.45) is 0 Å². The molecule has 1 nitrogen and oxygen atoms in total. The molecular formula is C6H7OS. The molecule has 0 aliphatic rings. The molecule has 43 valence electrons. The first kappa shape index (κ1) is 5.63. The van der Waals surface area contributed by atoms with Crippen LogP contribution in [0.5, 0.6) is 5.06 Å². The van der Waals surface area contributed by atoms with Crippen LogP contribution in [0.2, 0.25) is 0 Å². The minimum Gasteiger partial charge on any atom is -0.484 e. The zero-order valence-electron chi connectivity index (χ0n) is 4.46. The van der Waals surface area contributed by atoms with Crippen molar-refractivity contribution in [2.45, 2.75) is 0 Å². The van der Waals surface area contributed by atoms with E-state index in [4.69, 9.17) is 4.74 Å². The molecule has 1 radical (unpaired) electrons. The molecule has 1 aromatic heterocycles. The molecule has 0 saturated heterocycles. The van der Waals surface area contributed by atoms with E-state index in [-0.39, 0.29) is 0 Å². The SMILES string of the molecule is [CH2]COc1cccs1. The molecule has 0 spiro atoms. The number of ether oxygens (including phenoxy) is 1. The van der Waals surface area contributed by atoms with E-state index in [9.17, 15) is 0 Å². The maximum Gasteiger partial charge on any atom is 0.173 e. The van der Waals surface area contributed by atoms with Gasteiger partial charge >= 0.3 is 0 Å². The van der Waals surface area contributed by atoms with Gasteiger partial charge in [0.2, 0.25) is 0 Å². The molecule has 0 fully saturated rings. The van der Waals surface area contributed by atoms with E-state index < -0.39 is 0 Å². The first-order valence-corrected chi connectivity index (χ1v) is 3.27. The van der Waals surface area contributed by atoms with Crippen LogP contribution in [0.25, 0.3) is 0 Å². The van der Waals surface area contributed by atoms with Crippen molar-refractivity contribution in [3.8, 4) is 5.06 Å². The molecule has 0 bridgehead atoms. The van der Waals surface area contributed by atoms with Crippen molar-refractivity contribution >= 4 is 11.3 Å². The molecule has 0 aromatic carbocycles. The largest absolute Gasteiger partial charge is 0.484 e.